The summed E-state index contributed by atoms with van der Waals surface area (Å²) < 4.78 is 12.4. The lowest BCUT2D eigenvalue weighted by Gasteiger charge is -2.28. The topological polar surface area (TPSA) is 152 Å². The highest BCUT2D eigenvalue weighted by Crippen LogP contribution is 2.33. The number of morpholine rings is 1. The molecule has 2 saturated heterocycles. The average molecular weight is 352 g/mol. The molecular formula is C14H20N6O5. The number of anilines is 2. The van der Waals surface area contributed by atoms with Crippen LogP contribution in [0.15, 0.2) is 6.33 Å². The van der Waals surface area contributed by atoms with Gasteiger partial charge in [0.1, 0.15) is 18.3 Å². The van der Waals surface area contributed by atoms with Gasteiger partial charge in [-0.15, -0.1) is 0 Å². The predicted octanol–water partition coefficient (Wildman–Crippen LogP) is -2.14. The van der Waals surface area contributed by atoms with Crippen molar-refractivity contribution in [2.45, 2.75) is 24.5 Å². The van der Waals surface area contributed by atoms with Gasteiger partial charge < -0.3 is 35.4 Å². The summed E-state index contributed by atoms with van der Waals surface area (Å²) in [5.74, 6) is 0.666. The molecule has 11 nitrogen and oxygen atoms in total. The van der Waals surface area contributed by atoms with E-state index in [9.17, 15) is 15.3 Å². The van der Waals surface area contributed by atoms with E-state index in [1.807, 2.05) is 4.90 Å². The van der Waals surface area contributed by atoms with E-state index in [0.717, 1.165) is 0 Å². The van der Waals surface area contributed by atoms with Gasteiger partial charge >= 0.3 is 0 Å². The summed E-state index contributed by atoms with van der Waals surface area (Å²) in [6, 6.07) is 0. The molecule has 11 heteroatoms. The summed E-state index contributed by atoms with van der Waals surface area (Å²) >= 11 is 0. The van der Waals surface area contributed by atoms with Crippen LogP contribution in [0.4, 0.5) is 11.8 Å². The molecule has 0 aromatic carbocycles. The molecule has 0 amide bonds. The summed E-state index contributed by atoms with van der Waals surface area (Å²) in [4.78, 5) is 14.9. The quantitative estimate of drug-likeness (QED) is 0.481. The first kappa shape index (κ1) is 16.4. The molecule has 1 unspecified atom stereocenters. The van der Waals surface area contributed by atoms with E-state index in [0.29, 0.717) is 43.3 Å². The number of fused-ring (bicyclic) bond motifs is 1. The van der Waals surface area contributed by atoms with Gasteiger partial charge in [0.15, 0.2) is 23.2 Å². The lowest BCUT2D eigenvalue weighted by Crippen LogP contribution is -2.37. The zero-order chi connectivity index (χ0) is 17.6. The van der Waals surface area contributed by atoms with Gasteiger partial charge in [-0.3, -0.25) is 4.57 Å². The predicted molar refractivity (Wildman–Crippen MR) is 85.8 cm³/mol. The minimum absolute atomic E-state index is 0.0717. The SMILES string of the molecule is Nc1nc(N2CCOCC2)c2ncn(C3O[C@H](CO)[C@@H](O)[C@H]3O)c2n1. The van der Waals surface area contributed by atoms with Crippen molar-refractivity contribution >= 4 is 22.9 Å². The van der Waals surface area contributed by atoms with Crippen molar-refractivity contribution in [3.05, 3.63) is 6.33 Å². The molecule has 25 heavy (non-hydrogen) atoms. The largest absolute Gasteiger partial charge is 0.394 e. The standard InChI is InChI=1S/C14H20N6O5/c15-14-17-11(19-1-3-24-4-2-19)8-12(18-14)20(6-16-8)13-10(23)9(22)7(5-21)25-13/h6-7,9-10,13,21-23H,1-5H2,(H2,15,17,18)/t7-,9-,10-,13?/m1/s1. The van der Waals surface area contributed by atoms with Crippen LogP contribution in [0.5, 0.6) is 0 Å². The van der Waals surface area contributed by atoms with Crippen molar-refractivity contribution in [3.8, 4) is 0 Å². The zero-order valence-electron chi connectivity index (χ0n) is 13.4. The third kappa shape index (κ3) is 2.69. The van der Waals surface area contributed by atoms with Gasteiger partial charge in [-0.1, -0.05) is 0 Å². The fraction of sp³-hybridized carbons (Fsp3) is 0.643. The zero-order valence-corrected chi connectivity index (χ0v) is 13.4. The molecule has 0 aliphatic carbocycles. The normalized spacial score (nSPS) is 30.3. The molecule has 136 valence electrons. The summed E-state index contributed by atoms with van der Waals surface area (Å²) in [7, 11) is 0. The Balaban J connectivity index is 1.75. The minimum Gasteiger partial charge on any atom is -0.394 e. The van der Waals surface area contributed by atoms with Crippen molar-refractivity contribution in [2.75, 3.05) is 43.5 Å². The Kier molecular flexibility index (Phi) is 4.17. The average Bonchev–Trinajstić information content (AvgIpc) is 3.16. The lowest BCUT2D eigenvalue weighted by molar-refractivity contribution is -0.0511. The molecule has 2 aliphatic heterocycles. The number of nitrogens with zero attached hydrogens (tertiary/aromatic N) is 5. The molecule has 5 N–H and O–H groups in total. The van der Waals surface area contributed by atoms with E-state index in [2.05, 4.69) is 15.0 Å². The number of aromatic nitrogens is 4. The van der Waals surface area contributed by atoms with Gasteiger partial charge in [-0.2, -0.15) is 9.97 Å². The fourth-order valence-corrected chi connectivity index (χ4v) is 3.21. The van der Waals surface area contributed by atoms with Gasteiger partial charge in [0.25, 0.3) is 0 Å². The Labute approximate surface area is 142 Å². The van der Waals surface area contributed by atoms with E-state index in [1.54, 1.807) is 0 Å². The van der Waals surface area contributed by atoms with Crippen molar-refractivity contribution in [2.24, 2.45) is 0 Å². The van der Waals surface area contributed by atoms with Crippen LogP contribution in [0.2, 0.25) is 0 Å². The molecular weight excluding hydrogens is 332 g/mol. The number of aliphatic hydroxyl groups excluding tert-OH is 3. The molecule has 0 saturated carbocycles. The van der Waals surface area contributed by atoms with Gasteiger partial charge in [0.05, 0.1) is 26.1 Å². The van der Waals surface area contributed by atoms with Crippen LogP contribution in [0.3, 0.4) is 0 Å². The van der Waals surface area contributed by atoms with Crippen LogP contribution in [0.25, 0.3) is 11.2 Å². The number of nitrogens with two attached hydrogens (primary N) is 1. The smallest absolute Gasteiger partial charge is 0.224 e. The summed E-state index contributed by atoms with van der Waals surface area (Å²) in [6.07, 6.45) is -2.77. The van der Waals surface area contributed by atoms with Crippen LogP contribution in [0.1, 0.15) is 6.23 Å². The Morgan fingerprint density at radius 3 is 2.64 bits per heavy atom. The number of aliphatic hydroxyl groups is 3. The Morgan fingerprint density at radius 2 is 1.96 bits per heavy atom. The second-order valence-corrected chi connectivity index (χ2v) is 6.06. The Morgan fingerprint density at radius 1 is 1.20 bits per heavy atom. The third-order valence-electron chi connectivity index (χ3n) is 4.52. The van der Waals surface area contributed by atoms with Crippen molar-refractivity contribution < 1.29 is 24.8 Å². The van der Waals surface area contributed by atoms with E-state index in [-0.39, 0.29) is 5.95 Å². The van der Waals surface area contributed by atoms with Gasteiger partial charge in [-0.25, -0.2) is 4.98 Å². The van der Waals surface area contributed by atoms with E-state index in [4.69, 9.17) is 15.2 Å². The minimum atomic E-state index is -1.22. The number of nitrogen functional groups attached to an aromatic ring is 1. The highest BCUT2D eigenvalue weighted by Gasteiger charge is 2.44. The first-order valence-corrected chi connectivity index (χ1v) is 8.05. The molecule has 0 spiro atoms. The Bertz CT molecular complexity index is 763. The third-order valence-corrected chi connectivity index (χ3v) is 4.52. The monoisotopic (exact) mass is 352 g/mol. The summed E-state index contributed by atoms with van der Waals surface area (Å²) in [5.41, 5.74) is 6.77. The van der Waals surface area contributed by atoms with Crippen molar-refractivity contribution in [1.82, 2.24) is 19.5 Å². The second kappa shape index (κ2) is 6.35. The molecule has 2 aliphatic rings. The highest BCUT2D eigenvalue weighted by molar-refractivity contribution is 5.84. The van der Waals surface area contributed by atoms with Gasteiger partial charge in [0.2, 0.25) is 5.95 Å². The molecule has 0 radical (unpaired) electrons. The maximum Gasteiger partial charge on any atom is 0.224 e. The van der Waals surface area contributed by atoms with E-state index < -0.39 is 31.1 Å². The summed E-state index contributed by atoms with van der Waals surface area (Å²) in [5, 5.41) is 29.5. The van der Waals surface area contributed by atoms with Crippen molar-refractivity contribution in [1.29, 1.82) is 0 Å². The molecule has 2 aromatic heterocycles. The van der Waals surface area contributed by atoms with Crippen molar-refractivity contribution in [3.63, 3.8) is 0 Å². The van der Waals surface area contributed by atoms with Crippen LogP contribution < -0.4 is 10.6 Å². The van der Waals surface area contributed by atoms with Crippen LogP contribution in [-0.4, -0.2) is 86.1 Å². The number of hydrogen-bond acceptors (Lipinski definition) is 10. The molecule has 4 rings (SSSR count). The summed E-state index contributed by atoms with van der Waals surface area (Å²) in [6.45, 7) is 2.08. The van der Waals surface area contributed by atoms with Crippen LogP contribution >= 0.6 is 0 Å². The molecule has 4 atom stereocenters. The first-order chi connectivity index (χ1) is 12.1. The second-order valence-electron chi connectivity index (χ2n) is 6.06. The molecule has 2 aromatic rings. The Hall–Kier alpha value is -2.05. The number of hydrogen-bond donors (Lipinski definition) is 4. The first-order valence-electron chi connectivity index (χ1n) is 8.05. The number of imidazole rings is 1. The maximum atomic E-state index is 10.2. The van der Waals surface area contributed by atoms with E-state index >= 15 is 0 Å². The molecule has 4 heterocycles. The van der Waals surface area contributed by atoms with Crippen LogP contribution in [0, 0.1) is 0 Å². The lowest BCUT2D eigenvalue weighted by atomic mass is 10.1. The number of rotatable bonds is 3. The van der Waals surface area contributed by atoms with E-state index in [1.165, 1.54) is 10.9 Å². The van der Waals surface area contributed by atoms with Gasteiger partial charge in [0, 0.05) is 13.1 Å². The van der Waals surface area contributed by atoms with Crippen LogP contribution in [-0.2, 0) is 9.47 Å². The maximum absolute atomic E-state index is 10.2. The number of ether oxygens (including phenoxy) is 2. The molecule has 0 bridgehead atoms. The molecule has 2 fully saturated rings. The van der Waals surface area contributed by atoms with Gasteiger partial charge in [-0.05, 0) is 0 Å². The fourth-order valence-electron chi connectivity index (χ4n) is 3.21. The highest BCUT2D eigenvalue weighted by atomic mass is 16.6.